The number of rotatable bonds is 4. The van der Waals surface area contributed by atoms with Gasteiger partial charge in [-0.05, 0) is 13.8 Å². The minimum atomic E-state index is -4.59. The molecule has 1 amide bonds. The van der Waals surface area contributed by atoms with Gasteiger partial charge in [-0.15, -0.1) is 0 Å². The molecule has 1 N–H and O–H groups in total. The summed E-state index contributed by atoms with van der Waals surface area (Å²) in [5.74, 6) is -1.15. The van der Waals surface area contributed by atoms with E-state index < -0.39 is 33.3 Å². The highest BCUT2D eigenvalue weighted by molar-refractivity contribution is 7.92. The fraction of sp³-hybridized carbons (Fsp3) is 0.857. The second kappa shape index (κ2) is 4.58. The van der Waals surface area contributed by atoms with Gasteiger partial charge in [0.1, 0.15) is 4.75 Å². The Morgan fingerprint density at radius 2 is 1.75 bits per heavy atom. The largest absolute Gasteiger partial charge is 0.414 e. The highest BCUT2D eigenvalue weighted by Crippen LogP contribution is 2.16. The molecule has 0 fully saturated rings. The van der Waals surface area contributed by atoms with Crippen molar-refractivity contribution in [1.29, 1.82) is 0 Å². The number of amides is 1. The van der Waals surface area contributed by atoms with Crippen LogP contribution in [0.1, 0.15) is 13.8 Å². The highest BCUT2D eigenvalue weighted by atomic mass is 32.2. The molecule has 0 aromatic rings. The predicted octanol–water partition coefficient (Wildman–Crippen LogP) is 0.420. The van der Waals surface area contributed by atoms with Gasteiger partial charge in [0.2, 0.25) is 0 Å². The zero-order chi connectivity index (χ0) is 13.2. The normalized spacial score (nSPS) is 13.6. The molecule has 0 aromatic heterocycles. The molecule has 0 aliphatic heterocycles. The first-order chi connectivity index (χ1) is 6.88. The van der Waals surface area contributed by atoms with Crippen LogP contribution in [0.2, 0.25) is 0 Å². The Balaban J connectivity index is 4.40. The average molecular weight is 263 g/mol. The number of carbonyl (C=O) groups excluding carboxylic acids is 1. The van der Waals surface area contributed by atoms with E-state index in [1.165, 1.54) is 5.48 Å². The zero-order valence-corrected chi connectivity index (χ0v) is 9.70. The van der Waals surface area contributed by atoms with Crippen molar-refractivity contribution >= 4 is 15.7 Å². The Bertz CT molecular complexity index is 360. The van der Waals surface area contributed by atoms with Crippen LogP contribution in [-0.4, -0.2) is 38.1 Å². The molecule has 0 rings (SSSR count). The first kappa shape index (κ1) is 15.2. The lowest BCUT2D eigenvalue weighted by Gasteiger charge is -2.21. The third kappa shape index (κ3) is 4.35. The van der Waals surface area contributed by atoms with Gasteiger partial charge < -0.3 is 0 Å². The van der Waals surface area contributed by atoms with Gasteiger partial charge in [-0.3, -0.25) is 9.63 Å². The molecular formula is C7H12F3NO4S. The summed E-state index contributed by atoms with van der Waals surface area (Å²) in [7, 11) is -3.74. The van der Waals surface area contributed by atoms with E-state index in [0.29, 0.717) is 0 Å². The van der Waals surface area contributed by atoms with Crippen LogP contribution in [0.25, 0.3) is 0 Å². The molecule has 9 heteroatoms. The number of carbonyl (C=O) groups is 1. The number of sulfone groups is 1. The Morgan fingerprint density at radius 1 is 1.31 bits per heavy atom. The maximum Gasteiger partial charge on any atom is 0.414 e. The maximum absolute atomic E-state index is 11.6. The van der Waals surface area contributed by atoms with E-state index in [9.17, 15) is 26.4 Å². The Labute approximate surface area is 90.8 Å². The van der Waals surface area contributed by atoms with E-state index in [0.717, 1.165) is 20.1 Å². The highest BCUT2D eigenvalue weighted by Gasteiger charge is 2.39. The van der Waals surface area contributed by atoms with Crippen molar-refractivity contribution in [3.8, 4) is 0 Å². The maximum atomic E-state index is 11.6. The van der Waals surface area contributed by atoms with Crippen LogP contribution in [-0.2, 0) is 19.5 Å². The van der Waals surface area contributed by atoms with Gasteiger partial charge in [0, 0.05) is 6.26 Å². The van der Waals surface area contributed by atoms with Crippen LogP contribution in [0.5, 0.6) is 0 Å². The van der Waals surface area contributed by atoms with Crippen LogP contribution in [0.15, 0.2) is 0 Å². The molecule has 0 unspecified atom stereocenters. The summed E-state index contributed by atoms with van der Waals surface area (Å²) in [5.41, 5.74) is 1.45. The Kier molecular flexibility index (Phi) is 4.34. The van der Waals surface area contributed by atoms with Crippen LogP contribution in [0.3, 0.4) is 0 Å². The molecule has 0 radical (unpaired) electrons. The van der Waals surface area contributed by atoms with Gasteiger partial charge in [-0.1, -0.05) is 0 Å². The number of hydroxylamine groups is 1. The van der Waals surface area contributed by atoms with Crippen LogP contribution in [0.4, 0.5) is 13.2 Å². The van der Waals surface area contributed by atoms with Crippen molar-refractivity contribution in [3.63, 3.8) is 0 Å². The second-order valence-corrected chi connectivity index (χ2v) is 6.18. The third-order valence-corrected chi connectivity index (χ3v) is 3.91. The van der Waals surface area contributed by atoms with E-state index in [1.54, 1.807) is 0 Å². The quantitative estimate of drug-likeness (QED) is 0.746. The van der Waals surface area contributed by atoms with Crippen molar-refractivity contribution < 1.29 is 31.2 Å². The van der Waals surface area contributed by atoms with Crippen molar-refractivity contribution in [2.24, 2.45) is 0 Å². The molecule has 0 spiro atoms. The number of nitrogens with one attached hydrogen (secondary N) is 1. The lowest BCUT2D eigenvalue weighted by Crippen LogP contribution is -2.48. The van der Waals surface area contributed by atoms with Gasteiger partial charge in [-0.25, -0.2) is 13.9 Å². The average Bonchev–Trinajstić information content (AvgIpc) is 1.99. The van der Waals surface area contributed by atoms with E-state index in [-0.39, 0.29) is 0 Å². The van der Waals surface area contributed by atoms with Crippen LogP contribution < -0.4 is 5.48 Å². The molecule has 0 aromatic carbocycles. The Hall–Kier alpha value is -0.830. The van der Waals surface area contributed by atoms with Crippen molar-refractivity contribution in [1.82, 2.24) is 5.48 Å². The third-order valence-electron chi connectivity index (χ3n) is 1.87. The summed E-state index contributed by atoms with van der Waals surface area (Å²) in [6.07, 6.45) is -3.79. The van der Waals surface area contributed by atoms with Gasteiger partial charge >= 0.3 is 6.18 Å². The number of halogens is 3. The van der Waals surface area contributed by atoms with Crippen molar-refractivity contribution in [3.05, 3.63) is 0 Å². The molecule has 0 saturated carbocycles. The molecule has 0 aliphatic rings. The molecule has 96 valence electrons. The van der Waals surface area contributed by atoms with E-state index in [2.05, 4.69) is 4.84 Å². The fourth-order valence-electron chi connectivity index (χ4n) is 0.475. The standard InChI is InChI=1S/C7H12F3NO4S/c1-6(2,16(3,13)14)5(12)11-15-4-7(8,9)10/h4H2,1-3H3,(H,11,12). The van der Waals surface area contributed by atoms with Crippen molar-refractivity contribution in [2.45, 2.75) is 24.8 Å². The van der Waals surface area contributed by atoms with E-state index in [4.69, 9.17) is 0 Å². The molecule has 16 heavy (non-hydrogen) atoms. The Morgan fingerprint density at radius 3 is 2.06 bits per heavy atom. The summed E-state index contributed by atoms with van der Waals surface area (Å²) < 4.78 is 55.3. The van der Waals surface area contributed by atoms with E-state index in [1.807, 2.05) is 0 Å². The topological polar surface area (TPSA) is 72.5 Å². The smallest absolute Gasteiger partial charge is 0.271 e. The van der Waals surface area contributed by atoms with Gasteiger partial charge in [-0.2, -0.15) is 13.2 Å². The minimum Gasteiger partial charge on any atom is -0.271 e. The summed E-state index contributed by atoms with van der Waals surface area (Å²) in [4.78, 5) is 15.1. The summed E-state index contributed by atoms with van der Waals surface area (Å²) in [6.45, 7) is 0.446. The first-order valence-corrected chi connectivity index (χ1v) is 5.95. The van der Waals surface area contributed by atoms with Gasteiger partial charge in [0.05, 0.1) is 0 Å². The minimum absolute atomic E-state index is 0.802. The monoisotopic (exact) mass is 263 g/mol. The van der Waals surface area contributed by atoms with E-state index >= 15 is 0 Å². The molecule has 0 heterocycles. The molecule has 0 atom stereocenters. The van der Waals surface area contributed by atoms with Crippen molar-refractivity contribution in [2.75, 3.05) is 12.9 Å². The summed E-state index contributed by atoms with van der Waals surface area (Å²) >= 11 is 0. The lowest BCUT2D eigenvalue weighted by atomic mass is 10.2. The molecule has 0 aliphatic carbocycles. The zero-order valence-electron chi connectivity index (χ0n) is 8.88. The summed E-state index contributed by atoms with van der Waals surface area (Å²) in [5, 5.41) is 0. The SMILES string of the molecule is CC(C)(C(=O)NOCC(F)(F)F)S(C)(=O)=O. The molecule has 0 saturated heterocycles. The van der Waals surface area contributed by atoms with Gasteiger partial charge in [0.25, 0.3) is 5.91 Å². The van der Waals surface area contributed by atoms with Gasteiger partial charge in [0.15, 0.2) is 16.4 Å². The van der Waals surface area contributed by atoms with Crippen LogP contribution in [0, 0.1) is 0 Å². The molecule has 0 bridgehead atoms. The number of hydrogen-bond donors (Lipinski definition) is 1. The molecular weight excluding hydrogens is 251 g/mol. The fourth-order valence-corrected chi connectivity index (χ4v) is 0.853. The molecule has 5 nitrogen and oxygen atoms in total. The lowest BCUT2D eigenvalue weighted by molar-refractivity contribution is -0.192. The van der Waals surface area contributed by atoms with Crippen LogP contribution >= 0.6 is 0 Å². The first-order valence-electron chi connectivity index (χ1n) is 4.06. The number of alkyl halides is 3. The second-order valence-electron chi connectivity index (χ2n) is 3.62. The summed E-state index contributed by atoms with van der Waals surface area (Å²) in [6, 6.07) is 0. The predicted molar refractivity (Wildman–Crippen MR) is 49.1 cm³/mol. The number of hydrogen-bond acceptors (Lipinski definition) is 4.